The third-order valence-electron chi connectivity index (χ3n) is 10.8. The summed E-state index contributed by atoms with van der Waals surface area (Å²) in [5, 5.41) is 7.32. The predicted octanol–water partition coefficient (Wildman–Crippen LogP) is 14.0. The number of rotatable bonds is 6. The van der Waals surface area contributed by atoms with Crippen molar-refractivity contribution in [2.24, 2.45) is 0 Å². The van der Waals surface area contributed by atoms with Gasteiger partial charge in [-0.3, -0.25) is 0 Å². The zero-order valence-corrected chi connectivity index (χ0v) is 29.8. The first-order valence-corrected chi connectivity index (χ1v) is 18.6. The molecule has 0 saturated carbocycles. The van der Waals surface area contributed by atoms with Crippen LogP contribution in [0.15, 0.2) is 205 Å². The van der Waals surface area contributed by atoms with E-state index in [2.05, 4.69) is 173 Å². The molecule has 4 heteroatoms. The molecule has 0 saturated heterocycles. The third kappa shape index (κ3) is 5.11. The van der Waals surface area contributed by atoms with Crippen molar-refractivity contribution in [1.29, 1.82) is 0 Å². The summed E-state index contributed by atoms with van der Waals surface area (Å²) in [6.07, 6.45) is 0. The number of hydrogen-bond donors (Lipinski definition) is 0. The maximum absolute atomic E-state index is 6.65. The van der Waals surface area contributed by atoms with Gasteiger partial charge in [0.05, 0.1) is 16.7 Å². The molecule has 11 aromatic rings. The highest BCUT2D eigenvalue weighted by atomic mass is 16.3. The van der Waals surface area contributed by atoms with E-state index >= 15 is 0 Å². The van der Waals surface area contributed by atoms with Crippen LogP contribution in [0.5, 0.6) is 0 Å². The molecule has 0 aliphatic carbocycles. The van der Waals surface area contributed by atoms with E-state index in [0.29, 0.717) is 5.89 Å². The fourth-order valence-electron chi connectivity index (χ4n) is 8.29. The lowest BCUT2D eigenvalue weighted by Crippen LogP contribution is -2.10. The molecule has 0 radical (unpaired) electrons. The first-order chi connectivity index (χ1) is 27.3. The van der Waals surface area contributed by atoms with Gasteiger partial charge in [-0.15, -0.1) is 0 Å². The molecule has 0 aliphatic rings. The van der Waals surface area contributed by atoms with Crippen molar-refractivity contribution in [2.75, 3.05) is 4.90 Å². The van der Waals surface area contributed by atoms with Crippen molar-refractivity contribution in [2.45, 2.75) is 0 Å². The Balaban J connectivity index is 1.16. The van der Waals surface area contributed by atoms with Gasteiger partial charge < -0.3 is 13.9 Å². The second kappa shape index (κ2) is 12.6. The van der Waals surface area contributed by atoms with Crippen LogP contribution < -0.4 is 4.90 Å². The van der Waals surface area contributed by atoms with Crippen molar-refractivity contribution in [3.8, 4) is 28.3 Å². The Morgan fingerprint density at radius 2 is 1.13 bits per heavy atom. The maximum Gasteiger partial charge on any atom is 0.227 e. The zero-order valence-electron chi connectivity index (χ0n) is 29.8. The highest BCUT2D eigenvalue weighted by molar-refractivity contribution is 6.24. The Labute approximate surface area is 317 Å². The Hall–Kier alpha value is -7.43. The minimum Gasteiger partial charge on any atom is -0.434 e. The molecule has 0 unspecified atom stereocenters. The quantitative estimate of drug-likeness (QED) is 0.173. The number of fused-ring (bicyclic) bond motifs is 7. The first kappa shape index (κ1) is 31.1. The second-order valence-electron chi connectivity index (χ2n) is 14.0. The van der Waals surface area contributed by atoms with E-state index in [9.17, 15) is 0 Å². The number of para-hydroxylation sites is 3. The number of hydrogen-bond acceptors (Lipinski definition) is 3. The maximum atomic E-state index is 6.65. The largest absolute Gasteiger partial charge is 0.434 e. The van der Waals surface area contributed by atoms with E-state index in [-0.39, 0.29) is 0 Å². The molecule has 0 N–H and O–H groups in total. The fourth-order valence-corrected chi connectivity index (χ4v) is 8.29. The summed E-state index contributed by atoms with van der Waals surface area (Å²) in [6, 6.07) is 71.0. The van der Waals surface area contributed by atoms with Gasteiger partial charge in [0.15, 0.2) is 5.58 Å². The minimum absolute atomic E-state index is 0.601. The van der Waals surface area contributed by atoms with Crippen LogP contribution >= 0.6 is 0 Å². The van der Waals surface area contributed by atoms with Gasteiger partial charge in [0.2, 0.25) is 5.89 Å². The monoisotopic (exact) mass is 703 g/mol. The van der Waals surface area contributed by atoms with E-state index in [0.717, 1.165) is 45.0 Å². The van der Waals surface area contributed by atoms with E-state index in [4.69, 9.17) is 9.40 Å². The lowest BCUT2D eigenvalue weighted by molar-refractivity contribution is 0.620. The minimum atomic E-state index is 0.601. The van der Waals surface area contributed by atoms with Gasteiger partial charge in [-0.2, -0.15) is 0 Å². The van der Waals surface area contributed by atoms with Gasteiger partial charge in [-0.25, -0.2) is 4.98 Å². The standard InChI is InChI=1S/C51H33N3O/c1-3-16-35(17-4-1)51-52-45-26-14-28-47(50(45)55-51)53(40-30-29-34-15-7-8-18-36(34)31-40)39-22-13-19-37(32-39)44-33-48-49(42-24-10-9-23-41(42)44)43-25-11-12-27-46(43)54(48)38-20-5-2-6-21-38/h1-33H. The normalized spacial score (nSPS) is 11.6. The molecular weight excluding hydrogens is 671 g/mol. The van der Waals surface area contributed by atoms with Gasteiger partial charge >= 0.3 is 0 Å². The van der Waals surface area contributed by atoms with Crippen LogP contribution in [0, 0.1) is 0 Å². The average molecular weight is 704 g/mol. The van der Waals surface area contributed by atoms with E-state index in [1.165, 1.54) is 48.9 Å². The summed E-state index contributed by atoms with van der Waals surface area (Å²) in [7, 11) is 0. The van der Waals surface area contributed by atoms with Crippen LogP contribution in [0.4, 0.5) is 17.1 Å². The van der Waals surface area contributed by atoms with Crippen LogP contribution in [-0.2, 0) is 0 Å². The van der Waals surface area contributed by atoms with Crippen LogP contribution in [0.25, 0.3) is 82.7 Å². The Bertz CT molecular complexity index is 3210. The van der Waals surface area contributed by atoms with Crippen molar-refractivity contribution in [3.05, 3.63) is 200 Å². The highest BCUT2D eigenvalue weighted by Crippen LogP contribution is 2.45. The molecule has 11 rings (SSSR count). The summed E-state index contributed by atoms with van der Waals surface area (Å²) in [5.41, 5.74) is 11.3. The fraction of sp³-hybridized carbons (Fsp3) is 0. The Morgan fingerprint density at radius 3 is 1.98 bits per heavy atom. The van der Waals surface area contributed by atoms with Crippen LogP contribution in [0.1, 0.15) is 0 Å². The molecular formula is C51H33N3O. The summed E-state index contributed by atoms with van der Waals surface area (Å²) >= 11 is 0. The van der Waals surface area contributed by atoms with Gasteiger partial charge in [0.25, 0.3) is 0 Å². The third-order valence-corrected chi connectivity index (χ3v) is 10.8. The van der Waals surface area contributed by atoms with Crippen LogP contribution in [-0.4, -0.2) is 9.55 Å². The second-order valence-corrected chi connectivity index (χ2v) is 14.0. The lowest BCUT2D eigenvalue weighted by atomic mass is 9.94. The summed E-state index contributed by atoms with van der Waals surface area (Å²) < 4.78 is 9.05. The lowest BCUT2D eigenvalue weighted by Gasteiger charge is -2.26. The molecule has 258 valence electrons. The van der Waals surface area contributed by atoms with E-state index in [1.54, 1.807) is 0 Å². The molecule has 2 aromatic heterocycles. The highest BCUT2D eigenvalue weighted by Gasteiger charge is 2.22. The van der Waals surface area contributed by atoms with Gasteiger partial charge in [-0.05, 0) is 105 Å². The topological polar surface area (TPSA) is 34.2 Å². The Morgan fingerprint density at radius 1 is 0.455 bits per heavy atom. The molecule has 4 nitrogen and oxygen atoms in total. The molecule has 0 fully saturated rings. The molecule has 0 bridgehead atoms. The smallest absolute Gasteiger partial charge is 0.227 e. The zero-order chi connectivity index (χ0) is 36.3. The van der Waals surface area contributed by atoms with E-state index < -0.39 is 0 Å². The molecule has 0 amide bonds. The molecule has 2 heterocycles. The summed E-state index contributed by atoms with van der Waals surface area (Å²) in [6.45, 7) is 0. The van der Waals surface area contributed by atoms with E-state index in [1.807, 2.05) is 36.4 Å². The molecule has 0 atom stereocenters. The molecule has 0 spiro atoms. The molecule has 0 aliphatic heterocycles. The molecule has 55 heavy (non-hydrogen) atoms. The summed E-state index contributed by atoms with van der Waals surface area (Å²) in [4.78, 5) is 7.25. The van der Waals surface area contributed by atoms with Crippen molar-refractivity contribution in [1.82, 2.24) is 9.55 Å². The number of anilines is 3. The van der Waals surface area contributed by atoms with Crippen molar-refractivity contribution < 1.29 is 4.42 Å². The van der Waals surface area contributed by atoms with Crippen molar-refractivity contribution in [3.63, 3.8) is 0 Å². The van der Waals surface area contributed by atoms with Gasteiger partial charge in [0.1, 0.15) is 5.52 Å². The number of aromatic nitrogens is 2. The average Bonchev–Trinajstić information content (AvgIpc) is 3.85. The number of nitrogens with zero attached hydrogens (tertiary/aromatic N) is 3. The van der Waals surface area contributed by atoms with Gasteiger partial charge in [-0.1, -0.05) is 127 Å². The van der Waals surface area contributed by atoms with Crippen LogP contribution in [0.2, 0.25) is 0 Å². The summed E-state index contributed by atoms with van der Waals surface area (Å²) in [5.74, 6) is 0.601. The molecule has 9 aromatic carbocycles. The first-order valence-electron chi connectivity index (χ1n) is 18.6. The van der Waals surface area contributed by atoms with Gasteiger partial charge in [0, 0.05) is 33.4 Å². The van der Waals surface area contributed by atoms with Crippen molar-refractivity contribution >= 4 is 71.5 Å². The Kier molecular flexibility index (Phi) is 7.14. The SMILES string of the molecule is c1ccc(-c2nc3cccc(N(c4cccc(-c5cc6c(c7ccccc57)c5ccccc5n6-c5ccccc5)c4)c4ccc5ccccc5c4)c3o2)cc1. The predicted molar refractivity (Wildman–Crippen MR) is 229 cm³/mol. The number of benzene rings is 9. The van der Waals surface area contributed by atoms with Crippen LogP contribution in [0.3, 0.4) is 0 Å². The number of oxazole rings is 1.